The second-order valence-corrected chi connectivity index (χ2v) is 4.64. The molecular formula is C12H13ClO3. The molecule has 0 atom stereocenters. The highest BCUT2D eigenvalue weighted by molar-refractivity contribution is 6.32. The second kappa shape index (κ2) is 3.98. The third-order valence-electron chi connectivity index (χ3n) is 3.34. The first-order valence-electron chi connectivity index (χ1n) is 5.29. The van der Waals surface area contributed by atoms with Crippen LogP contribution in [0.25, 0.3) is 0 Å². The molecular weight excluding hydrogens is 228 g/mol. The lowest BCUT2D eigenvalue weighted by Crippen LogP contribution is -2.33. The second-order valence-electron chi connectivity index (χ2n) is 4.23. The molecule has 1 saturated carbocycles. The van der Waals surface area contributed by atoms with Gasteiger partial charge in [-0.05, 0) is 25.0 Å². The Kier molecular flexibility index (Phi) is 2.80. The topological polar surface area (TPSA) is 57.5 Å². The smallest absolute Gasteiger partial charge is 0.314 e. The lowest BCUT2D eigenvalue weighted by molar-refractivity contribution is -0.143. The van der Waals surface area contributed by atoms with Crippen molar-refractivity contribution in [1.82, 2.24) is 0 Å². The Morgan fingerprint density at radius 3 is 2.44 bits per heavy atom. The minimum Gasteiger partial charge on any atom is -0.508 e. The molecule has 1 aromatic carbocycles. The van der Waals surface area contributed by atoms with Crippen LogP contribution in [0.3, 0.4) is 0 Å². The van der Waals surface area contributed by atoms with Gasteiger partial charge in [0.2, 0.25) is 0 Å². The van der Waals surface area contributed by atoms with Gasteiger partial charge < -0.3 is 10.2 Å². The monoisotopic (exact) mass is 240 g/mol. The Morgan fingerprint density at radius 1 is 1.31 bits per heavy atom. The number of hydrogen-bond donors (Lipinski definition) is 2. The lowest BCUT2D eigenvalue weighted by Gasteiger charge is -2.26. The van der Waals surface area contributed by atoms with E-state index in [1.54, 1.807) is 12.1 Å². The number of phenolic OH excluding ortho intramolecular Hbond substituents is 1. The first kappa shape index (κ1) is 11.3. The van der Waals surface area contributed by atoms with Gasteiger partial charge in [0, 0.05) is 10.6 Å². The van der Waals surface area contributed by atoms with Gasteiger partial charge in [0.05, 0.1) is 5.41 Å². The van der Waals surface area contributed by atoms with Crippen LogP contribution >= 0.6 is 11.6 Å². The van der Waals surface area contributed by atoms with E-state index < -0.39 is 11.4 Å². The predicted molar refractivity (Wildman–Crippen MR) is 60.9 cm³/mol. The van der Waals surface area contributed by atoms with Crippen LogP contribution in [-0.2, 0) is 10.2 Å². The molecule has 0 saturated heterocycles. The first-order chi connectivity index (χ1) is 7.58. The Morgan fingerprint density at radius 2 is 1.94 bits per heavy atom. The quantitative estimate of drug-likeness (QED) is 0.836. The first-order valence-corrected chi connectivity index (χ1v) is 5.67. The van der Waals surface area contributed by atoms with Gasteiger partial charge in [0.25, 0.3) is 0 Å². The van der Waals surface area contributed by atoms with E-state index in [1.807, 2.05) is 0 Å². The van der Waals surface area contributed by atoms with E-state index >= 15 is 0 Å². The fourth-order valence-corrected chi connectivity index (χ4v) is 2.89. The molecule has 1 aliphatic rings. The van der Waals surface area contributed by atoms with E-state index in [-0.39, 0.29) is 5.75 Å². The number of carboxylic acid groups (broad SMARTS) is 1. The fourth-order valence-electron chi connectivity index (χ4n) is 2.54. The molecule has 3 nitrogen and oxygen atoms in total. The summed E-state index contributed by atoms with van der Waals surface area (Å²) < 4.78 is 0. The average molecular weight is 241 g/mol. The summed E-state index contributed by atoms with van der Waals surface area (Å²) in [6.45, 7) is 0. The molecule has 16 heavy (non-hydrogen) atoms. The molecule has 0 radical (unpaired) electrons. The molecule has 2 N–H and O–H groups in total. The van der Waals surface area contributed by atoms with Gasteiger partial charge in [0.1, 0.15) is 5.75 Å². The van der Waals surface area contributed by atoms with Crippen molar-refractivity contribution < 1.29 is 15.0 Å². The average Bonchev–Trinajstić information content (AvgIpc) is 2.67. The lowest BCUT2D eigenvalue weighted by atomic mass is 9.78. The molecule has 0 aromatic heterocycles. The minimum absolute atomic E-state index is 0.0169. The van der Waals surface area contributed by atoms with Crippen LogP contribution in [0.5, 0.6) is 5.75 Å². The van der Waals surface area contributed by atoms with Gasteiger partial charge in [-0.15, -0.1) is 0 Å². The number of carboxylic acids is 1. The molecule has 86 valence electrons. The molecule has 1 fully saturated rings. The number of aliphatic carboxylic acids is 1. The Balaban J connectivity index is 2.60. The normalized spacial score (nSPS) is 18.6. The standard InChI is InChI=1S/C12H13ClO3/c13-8-4-3-5-9(14)10(8)12(11(15)16)6-1-2-7-12/h3-5,14H,1-2,6-7H2,(H,15,16). The molecule has 0 aliphatic heterocycles. The van der Waals surface area contributed by atoms with E-state index in [9.17, 15) is 15.0 Å². The summed E-state index contributed by atoms with van der Waals surface area (Å²) in [6, 6.07) is 4.73. The largest absolute Gasteiger partial charge is 0.508 e. The van der Waals surface area contributed by atoms with Gasteiger partial charge >= 0.3 is 5.97 Å². The highest BCUT2D eigenvalue weighted by Gasteiger charge is 2.45. The summed E-state index contributed by atoms with van der Waals surface area (Å²) >= 11 is 6.02. The van der Waals surface area contributed by atoms with Crippen molar-refractivity contribution in [1.29, 1.82) is 0 Å². The zero-order valence-electron chi connectivity index (χ0n) is 8.74. The maximum atomic E-state index is 11.5. The van der Waals surface area contributed by atoms with Crippen LogP contribution in [0.4, 0.5) is 0 Å². The van der Waals surface area contributed by atoms with E-state index in [0.29, 0.717) is 23.4 Å². The van der Waals surface area contributed by atoms with Gasteiger partial charge in [-0.25, -0.2) is 0 Å². The van der Waals surface area contributed by atoms with Crippen LogP contribution in [-0.4, -0.2) is 16.2 Å². The van der Waals surface area contributed by atoms with Crippen LogP contribution in [0, 0.1) is 0 Å². The van der Waals surface area contributed by atoms with Crippen molar-refractivity contribution in [2.75, 3.05) is 0 Å². The number of phenols is 1. The number of rotatable bonds is 2. The summed E-state index contributed by atoms with van der Waals surface area (Å²) in [6.07, 6.45) is 2.80. The molecule has 4 heteroatoms. The summed E-state index contributed by atoms with van der Waals surface area (Å²) in [5.74, 6) is -0.912. The van der Waals surface area contributed by atoms with E-state index in [1.165, 1.54) is 6.07 Å². The number of benzene rings is 1. The van der Waals surface area contributed by atoms with Crippen molar-refractivity contribution in [3.63, 3.8) is 0 Å². The van der Waals surface area contributed by atoms with Crippen molar-refractivity contribution in [2.45, 2.75) is 31.1 Å². The Labute approximate surface area is 98.7 Å². The maximum Gasteiger partial charge on any atom is 0.314 e. The number of halogens is 1. The zero-order chi connectivity index (χ0) is 11.8. The van der Waals surface area contributed by atoms with Crippen molar-refractivity contribution >= 4 is 17.6 Å². The molecule has 1 aromatic rings. The van der Waals surface area contributed by atoms with Crippen LogP contribution < -0.4 is 0 Å². The van der Waals surface area contributed by atoms with E-state index in [2.05, 4.69) is 0 Å². The molecule has 1 aliphatic carbocycles. The van der Waals surface area contributed by atoms with Gasteiger partial charge in [-0.3, -0.25) is 4.79 Å². The Hall–Kier alpha value is -1.22. The van der Waals surface area contributed by atoms with Crippen LogP contribution in [0.15, 0.2) is 18.2 Å². The van der Waals surface area contributed by atoms with Gasteiger partial charge in [0.15, 0.2) is 0 Å². The summed E-state index contributed by atoms with van der Waals surface area (Å²) in [7, 11) is 0. The molecule has 0 unspecified atom stereocenters. The van der Waals surface area contributed by atoms with E-state index in [4.69, 9.17) is 11.6 Å². The molecule has 2 rings (SSSR count). The third-order valence-corrected chi connectivity index (χ3v) is 3.65. The third kappa shape index (κ3) is 1.55. The van der Waals surface area contributed by atoms with Gasteiger partial charge in [-0.1, -0.05) is 30.5 Å². The molecule has 0 amide bonds. The van der Waals surface area contributed by atoms with Crippen molar-refractivity contribution in [2.24, 2.45) is 0 Å². The summed E-state index contributed by atoms with van der Waals surface area (Å²) in [5.41, 5.74) is -0.621. The number of hydrogen-bond acceptors (Lipinski definition) is 2. The summed E-state index contributed by atoms with van der Waals surface area (Å²) in [5, 5.41) is 19.6. The minimum atomic E-state index is -0.998. The SMILES string of the molecule is O=C(O)C1(c2c(O)cccc2Cl)CCCC1. The molecule has 0 heterocycles. The summed E-state index contributed by atoms with van der Waals surface area (Å²) in [4.78, 5) is 11.5. The number of carbonyl (C=O) groups is 1. The van der Waals surface area contributed by atoms with Crippen LogP contribution in [0.2, 0.25) is 5.02 Å². The highest BCUT2D eigenvalue weighted by atomic mass is 35.5. The number of aromatic hydroxyl groups is 1. The Bertz CT molecular complexity index is 402. The van der Waals surface area contributed by atoms with Crippen LogP contribution in [0.1, 0.15) is 31.2 Å². The van der Waals surface area contributed by atoms with Gasteiger partial charge in [-0.2, -0.15) is 0 Å². The van der Waals surface area contributed by atoms with Crippen molar-refractivity contribution in [3.05, 3.63) is 28.8 Å². The fraction of sp³-hybridized carbons (Fsp3) is 0.417. The molecule has 0 spiro atoms. The molecule has 0 bridgehead atoms. The van der Waals surface area contributed by atoms with Crippen molar-refractivity contribution in [3.8, 4) is 5.75 Å². The highest BCUT2D eigenvalue weighted by Crippen LogP contribution is 2.47. The maximum absolute atomic E-state index is 11.5. The van der Waals surface area contributed by atoms with E-state index in [0.717, 1.165) is 12.8 Å². The predicted octanol–water partition coefficient (Wildman–Crippen LogP) is 2.94. The zero-order valence-corrected chi connectivity index (χ0v) is 9.50.